The third-order valence-corrected chi connectivity index (χ3v) is 2.72. The van der Waals surface area contributed by atoms with Gasteiger partial charge in [0.2, 0.25) is 0 Å². The van der Waals surface area contributed by atoms with Crippen molar-refractivity contribution in [3.05, 3.63) is 35.4 Å². The maximum atomic E-state index is 13.2. The fourth-order valence-electron chi connectivity index (χ4n) is 1.55. The molecule has 0 atom stereocenters. The summed E-state index contributed by atoms with van der Waals surface area (Å²) in [5.41, 5.74) is 0.414. The lowest BCUT2D eigenvalue weighted by Crippen LogP contribution is -2.34. The molecule has 1 nitrogen and oxygen atoms in total. The molecule has 1 aliphatic rings. The highest BCUT2D eigenvalue weighted by Gasteiger charge is 2.17. The van der Waals surface area contributed by atoms with Gasteiger partial charge in [0.25, 0.3) is 0 Å². The molecule has 1 aromatic carbocycles. The number of nitrogens with one attached hydrogen (secondary N) is 1. The minimum atomic E-state index is -0.766. The van der Waals surface area contributed by atoms with Crippen molar-refractivity contribution in [3.8, 4) is 0 Å². The molecule has 0 saturated heterocycles. The smallest absolute Gasteiger partial charge is 0.163 e. The van der Waals surface area contributed by atoms with Gasteiger partial charge in [0, 0.05) is 18.2 Å². The standard InChI is InChI=1S/C11H13F2N/c12-10-6-1-3-8(11(10)13)7-14-9-4-2-5-9/h1,3,6,9,14H,2,4-5,7H2. The molecule has 1 aromatic rings. The molecule has 0 amide bonds. The van der Waals surface area contributed by atoms with Gasteiger partial charge in [0.1, 0.15) is 0 Å². The van der Waals surface area contributed by atoms with Crippen molar-refractivity contribution in [3.63, 3.8) is 0 Å². The van der Waals surface area contributed by atoms with Gasteiger partial charge in [-0.1, -0.05) is 18.6 Å². The Morgan fingerprint density at radius 1 is 1.29 bits per heavy atom. The number of rotatable bonds is 3. The lowest BCUT2D eigenvalue weighted by Gasteiger charge is -2.26. The van der Waals surface area contributed by atoms with E-state index < -0.39 is 11.6 Å². The van der Waals surface area contributed by atoms with E-state index in [0.717, 1.165) is 18.9 Å². The summed E-state index contributed by atoms with van der Waals surface area (Å²) in [5, 5.41) is 3.20. The molecule has 0 unspecified atom stereocenters. The zero-order chi connectivity index (χ0) is 9.97. The fourth-order valence-corrected chi connectivity index (χ4v) is 1.55. The molecule has 0 aliphatic heterocycles. The average molecular weight is 197 g/mol. The Hall–Kier alpha value is -0.960. The Balaban J connectivity index is 1.97. The topological polar surface area (TPSA) is 12.0 Å². The summed E-state index contributed by atoms with van der Waals surface area (Å²) in [7, 11) is 0. The number of hydrogen-bond acceptors (Lipinski definition) is 1. The Labute approximate surface area is 82.1 Å². The highest BCUT2D eigenvalue weighted by atomic mass is 19.2. The van der Waals surface area contributed by atoms with Gasteiger partial charge in [0.15, 0.2) is 11.6 Å². The van der Waals surface area contributed by atoms with E-state index in [-0.39, 0.29) is 0 Å². The van der Waals surface area contributed by atoms with Crippen LogP contribution in [0.4, 0.5) is 8.78 Å². The van der Waals surface area contributed by atoms with Crippen LogP contribution in [0.2, 0.25) is 0 Å². The normalized spacial score (nSPS) is 16.7. The zero-order valence-electron chi connectivity index (χ0n) is 7.89. The van der Waals surface area contributed by atoms with E-state index in [9.17, 15) is 8.78 Å². The minimum Gasteiger partial charge on any atom is -0.310 e. The van der Waals surface area contributed by atoms with Crippen LogP contribution in [0.3, 0.4) is 0 Å². The van der Waals surface area contributed by atoms with Crippen molar-refractivity contribution in [2.45, 2.75) is 31.8 Å². The van der Waals surface area contributed by atoms with Crippen LogP contribution < -0.4 is 5.32 Å². The van der Waals surface area contributed by atoms with Gasteiger partial charge in [-0.15, -0.1) is 0 Å². The summed E-state index contributed by atoms with van der Waals surface area (Å²) >= 11 is 0. The van der Waals surface area contributed by atoms with Crippen LogP contribution in [0.25, 0.3) is 0 Å². The monoisotopic (exact) mass is 197 g/mol. The molecule has 3 heteroatoms. The fraction of sp³-hybridized carbons (Fsp3) is 0.455. The van der Waals surface area contributed by atoms with Crippen molar-refractivity contribution in [1.29, 1.82) is 0 Å². The lowest BCUT2D eigenvalue weighted by atomic mass is 9.93. The second kappa shape index (κ2) is 4.05. The summed E-state index contributed by atoms with van der Waals surface area (Å²) in [6.45, 7) is 0.425. The van der Waals surface area contributed by atoms with Crippen LogP contribution in [0.5, 0.6) is 0 Å². The van der Waals surface area contributed by atoms with Gasteiger partial charge in [-0.2, -0.15) is 0 Å². The summed E-state index contributed by atoms with van der Waals surface area (Å²) in [6.07, 6.45) is 3.54. The first-order valence-electron chi connectivity index (χ1n) is 4.93. The molecule has 0 aromatic heterocycles. The van der Waals surface area contributed by atoms with Gasteiger partial charge < -0.3 is 5.32 Å². The van der Waals surface area contributed by atoms with Crippen LogP contribution in [0.1, 0.15) is 24.8 Å². The van der Waals surface area contributed by atoms with Crippen LogP contribution in [0, 0.1) is 11.6 Å². The minimum absolute atomic E-state index is 0.414. The van der Waals surface area contributed by atoms with E-state index in [1.54, 1.807) is 6.07 Å². The first-order chi connectivity index (χ1) is 6.77. The van der Waals surface area contributed by atoms with E-state index in [4.69, 9.17) is 0 Å². The van der Waals surface area contributed by atoms with E-state index in [2.05, 4.69) is 5.32 Å². The third-order valence-electron chi connectivity index (χ3n) is 2.72. The lowest BCUT2D eigenvalue weighted by molar-refractivity contribution is 0.335. The van der Waals surface area contributed by atoms with Gasteiger partial charge in [0.05, 0.1) is 0 Å². The Bertz CT molecular complexity index is 321. The molecular weight excluding hydrogens is 184 g/mol. The van der Waals surface area contributed by atoms with E-state index in [1.807, 2.05) is 0 Å². The van der Waals surface area contributed by atoms with E-state index in [0.29, 0.717) is 18.2 Å². The molecule has 1 N–H and O–H groups in total. The van der Waals surface area contributed by atoms with E-state index >= 15 is 0 Å². The molecule has 14 heavy (non-hydrogen) atoms. The highest BCUT2D eigenvalue weighted by molar-refractivity contribution is 5.18. The average Bonchev–Trinajstić information content (AvgIpc) is 2.09. The highest BCUT2D eigenvalue weighted by Crippen LogP contribution is 2.19. The summed E-state index contributed by atoms with van der Waals surface area (Å²) in [6, 6.07) is 4.79. The number of halogens is 2. The molecule has 76 valence electrons. The van der Waals surface area contributed by atoms with Crippen LogP contribution in [0.15, 0.2) is 18.2 Å². The number of benzene rings is 1. The van der Waals surface area contributed by atoms with Crippen molar-refractivity contribution in [2.24, 2.45) is 0 Å². The predicted octanol–water partition coefficient (Wildman–Crippen LogP) is 2.61. The Morgan fingerprint density at radius 2 is 2.07 bits per heavy atom. The predicted molar refractivity (Wildman–Crippen MR) is 50.8 cm³/mol. The SMILES string of the molecule is Fc1cccc(CNC2CCC2)c1F. The second-order valence-corrected chi connectivity index (χ2v) is 3.72. The van der Waals surface area contributed by atoms with Crippen LogP contribution >= 0.6 is 0 Å². The summed E-state index contributed by atoms with van der Waals surface area (Å²) in [4.78, 5) is 0. The van der Waals surface area contributed by atoms with Gasteiger partial charge in [-0.25, -0.2) is 8.78 Å². The third kappa shape index (κ3) is 1.93. The zero-order valence-corrected chi connectivity index (χ0v) is 7.89. The largest absolute Gasteiger partial charge is 0.310 e. The molecule has 0 spiro atoms. The maximum absolute atomic E-state index is 13.2. The van der Waals surface area contributed by atoms with Gasteiger partial charge in [-0.05, 0) is 18.9 Å². The number of hydrogen-bond donors (Lipinski definition) is 1. The molecule has 1 fully saturated rings. The Kier molecular flexibility index (Phi) is 2.77. The van der Waals surface area contributed by atoms with Crippen molar-refractivity contribution in [1.82, 2.24) is 5.32 Å². The molecule has 0 heterocycles. The quantitative estimate of drug-likeness (QED) is 0.785. The molecule has 0 bridgehead atoms. The molecule has 1 aliphatic carbocycles. The molecule has 2 rings (SSSR count). The molecule has 0 radical (unpaired) electrons. The van der Waals surface area contributed by atoms with E-state index in [1.165, 1.54) is 12.5 Å². The first kappa shape index (κ1) is 9.59. The van der Waals surface area contributed by atoms with Crippen LogP contribution in [-0.4, -0.2) is 6.04 Å². The van der Waals surface area contributed by atoms with Crippen molar-refractivity contribution < 1.29 is 8.78 Å². The van der Waals surface area contributed by atoms with Crippen molar-refractivity contribution >= 4 is 0 Å². The van der Waals surface area contributed by atoms with Gasteiger partial charge in [-0.3, -0.25) is 0 Å². The van der Waals surface area contributed by atoms with Crippen LogP contribution in [-0.2, 0) is 6.54 Å². The van der Waals surface area contributed by atoms with Crippen molar-refractivity contribution in [2.75, 3.05) is 0 Å². The summed E-state index contributed by atoms with van der Waals surface area (Å²) < 4.78 is 26.0. The second-order valence-electron chi connectivity index (χ2n) is 3.72. The molecular formula is C11H13F2N. The first-order valence-corrected chi connectivity index (χ1v) is 4.93. The van der Waals surface area contributed by atoms with Gasteiger partial charge >= 0.3 is 0 Å². The summed E-state index contributed by atoms with van der Waals surface area (Å²) in [5.74, 6) is -1.49. The molecule has 1 saturated carbocycles. The Morgan fingerprint density at radius 3 is 2.71 bits per heavy atom. The maximum Gasteiger partial charge on any atom is 0.163 e.